The number of oxime groups is 1. The van der Waals surface area contributed by atoms with E-state index in [-0.39, 0.29) is 26.4 Å². The molecule has 0 spiro atoms. The molecule has 0 saturated heterocycles. The predicted molar refractivity (Wildman–Crippen MR) is 97.4 cm³/mol. The SMILES string of the molecule is Cc1cc(C2=NOC(CF)(c3cc(Cl)c(Cl)c(Cl)c3)C2)sc1C(=O)O. The number of carbonyl (C=O) groups is 1. The van der Waals surface area contributed by atoms with Gasteiger partial charge in [0.15, 0.2) is 5.60 Å². The summed E-state index contributed by atoms with van der Waals surface area (Å²) in [5.74, 6) is -1.01. The molecular formula is C16H11Cl3FNO3S. The summed E-state index contributed by atoms with van der Waals surface area (Å²) in [7, 11) is 0. The minimum absolute atomic E-state index is 0.122. The molecule has 9 heteroatoms. The van der Waals surface area contributed by atoms with Crippen LogP contribution in [0.15, 0.2) is 23.4 Å². The molecule has 0 radical (unpaired) electrons. The first kappa shape index (κ1) is 18.5. The predicted octanol–water partition coefficient (Wildman–Crippen LogP) is 5.70. The smallest absolute Gasteiger partial charge is 0.346 e. The van der Waals surface area contributed by atoms with Crippen LogP contribution >= 0.6 is 46.1 Å². The third-order valence-corrected chi connectivity index (χ3v) is 6.38. The second kappa shape index (κ2) is 6.76. The standard InChI is InChI=1S/C16H11Cl3FNO3S/c1-7-2-12(25-14(7)15(22)23)11-5-16(6-20,24-21-11)8-3-9(17)13(19)10(18)4-8/h2-4H,5-6H2,1H3,(H,22,23). The Morgan fingerprint density at radius 1 is 1.36 bits per heavy atom. The largest absolute Gasteiger partial charge is 0.477 e. The maximum atomic E-state index is 13.9. The van der Waals surface area contributed by atoms with Gasteiger partial charge in [-0.25, -0.2) is 9.18 Å². The second-order valence-corrected chi connectivity index (χ2v) is 7.86. The maximum Gasteiger partial charge on any atom is 0.346 e. The third-order valence-electron chi connectivity index (χ3n) is 3.91. The molecule has 0 fully saturated rings. The summed E-state index contributed by atoms with van der Waals surface area (Å²) in [6, 6.07) is 4.69. The highest BCUT2D eigenvalue weighted by Crippen LogP contribution is 2.42. The molecule has 132 valence electrons. The number of carboxylic acid groups (broad SMARTS) is 1. The Hall–Kier alpha value is -1.34. The Morgan fingerprint density at radius 2 is 2.00 bits per heavy atom. The normalized spacial score (nSPS) is 19.6. The molecule has 0 aliphatic carbocycles. The van der Waals surface area contributed by atoms with Crippen LogP contribution in [0.1, 0.15) is 32.1 Å². The summed E-state index contributed by atoms with van der Waals surface area (Å²) >= 11 is 19.1. The van der Waals surface area contributed by atoms with Gasteiger partial charge in [0.05, 0.1) is 19.9 Å². The lowest BCUT2D eigenvalue weighted by atomic mass is 9.90. The van der Waals surface area contributed by atoms with E-state index in [1.54, 1.807) is 13.0 Å². The molecular weight excluding hydrogens is 412 g/mol. The second-order valence-electron chi connectivity index (χ2n) is 5.62. The van der Waals surface area contributed by atoms with E-state index in [2.05, 4.69) is 5.16 Å². The van der Waals surface area contributed by atoms with Gasteiger partial charge >= 0.3 is 5.97 Å². The lowest BCUT2D eigenvalue weighted by molar-refractivity contribution is -0.0407. The number of aromatic carboxylic acids is 1. The molecule has 1 aliphatic rings. The van der Waals surface area contributed by atoms with Gasteiger partial charge in [-0.3, -0.25) is 0 Å². The lowest BCUT2D eigenvalue weighted by Gasteiger charge is -2.24. The quantitative estimate of drug-likeness (QED) is 0.643. The molecule has 2 aromatic rings. The summed E-state index contributed by atoms with van der Waals surface area (Å²) in [6.07, 6.45) is 0.122. The Labute approximate surface area is 161 Å². The monoisotopic (exact) mass is 421 g/mol. The molecule has 0 amide bonds. The van der Waals surface area contributed by atoms with Gasteiger partial charge in [-0.15, -0.1) is 11.3 Å². The average molecular weight is 423 g/mol. The van der Waals surface area contributed by atoms with Gasteiger partial charge < -0.3 is 9.94 Å². The van der Waals surface area contributed by atoms with Crippen LogP contribution in [0.4, 0.5) is 4.39 Å². The number of thiophene rings is 1. The first-order valence-corrected chi connectivity index (χ1v) is 9.02. The van der Waals surface area contributed by atoms with Crippen LogP contribution in [-0.2, 0) is 10.4 Å². The van der Waals surface area contributed by atoms with Crippen LogP contribution in [-0.4, -0.2) is 23.5 Å². The topological polar surface area (TPSA) is 58.9 Å². The van der Waals surface area contributed by atoms with Crippen molar-refractivity contribution in [1.82, 2.24) is 0 Å². The molecule has 4 nitrogen and oxygen atoms in total. The van der Waals surface area contributed by atoms with E-state index in [1.165, 1.54) is 12.1 Å². The van der Waals surface area contributed by atoms with Crippen LogP contribution < -0.4 is 0 Å². The minimum Gasteiger partial charge on any atom is -0.477 e. The third kappa shape index (κ3) is 3.24. The Balaban J connectivity index is 1.95. The molecule has 25 heavy (non-hydrogen) atoms. The highest BCUT2D eigenvalue weighted by molar-refractivity contribution is 7.16. The zero-order valence-corrected chi connectivity index (χ0v) is 15.9. The molecule has 1 N–H and O–H groups in total. The van der Waals surface area contributed by atoms with Gasteiger partial charge in [0.1, 0.15) is 17.3 Å². The molecule has 1 aromatic heterocycles. The number of hydrogen-bond acceptors (Lipinski definition) is 4. The summed E-state index contributed by atoms with van der Waals surface area (Å²) in [4.78, 5) is 17.5. The van der Waals surface area contributed by atoms with Crippen LogP contribution in [0, 0.1) is 6.92 Å². The molecule has 1 aromatic carbocycles. The molecule has 0 saturated carbocycles. The summed E-state index contributed by atoms with van der Waals surface area (Å²) in [5, 5.41) is 13.7. The van der Waals surface area contributed by atoms with Crippen molar-refractivity contribution in [2.45, 2.75) is 18.9 Å². The fourth-order valence-corrected chi connectivity index (χ4v) is 4.15. The van der Waals surface area contributed by atoms with Gasteiger partial charge in [-0.05, 0) is 30.7 Å². The molecule has 3 rings (SSSR count). The van der Waals surface area contributed by atoms with E-state index in [0.717, 1.165) is 11.3 Å². The van der Waals surface area contributed by atoms with Crippen molar-refractivity contribution in [3.05, 3.63) is 54.1 Å². The van der Waals surface area contributed by atoms with Crippen molar-refractivity contribution >= 4 is 57.8 Å². The van der Waals surface area contributed by atoms with E-state index >= 15 is 0 Å². The summed E-state index contributed by atoms with van der Waals surface area (Å²) in [6.45, 7) is 0.839. The minimum atomic E-state index is -1.37. The summed E-state index contributed by atoms with van der Waals surface area (Å²) in [5.41, 5.74) is 0.139. The number of halogens is 4. The van der Waals surface area contributed by atoms with Crippen molar-refractivity contribution in [1.29, 1.82) is 0 Å². The fraction of sp³-hybridized carbons (Fsp3) is 0.250. The highest BCUT2D eigenvalue weighted by Gasteiger charge is 2.43. The number of alkyl halides is 1. The van der Waals surface area contributed by atoms with E-state index in [0.29, 0.717) is 21.7 Å². The number of carboxylic acids is 1. The maximum absolute atomic E-state index is 13.9. The van der Waals surface area contributed by atoms with Crippen LogP contribution in [0.2, 0.25) is 15.1 Å². The Kier molecular flexibility index (Phi) is 4.99. The van der Waals surface area contributed by atoms with E-state index in [9.17, 15) is 14.3 Å². The van der Waals surface area contributed by atoms with Crippen molar-refractivity contribution in [2.24, 2.45) is 5.16 Å². The van der Waals surface area contributed by atoms with E-state index < -0.39 is 18.2 Å². The van der Waals surface area contributed by atoms with Crippen LogP contribution in [0.3, 0.4) is 0 Å². The van der Waals surface area contributed by atoms with Crippen molar-refractivity contribution in [2.75, 3.05) is 6.67 Å². The highest BCUT2D eigenvalue weighted by atomic mass is 35.5. The molecule has 1 aliphatic heterocycles. The van der Waals surface area contributed by atoms with Crippen molar-refractivity contribution in [3.8, 4) is 0 Å². The Morgan fingerprint density at radius 3 is 2.52 bits per heavy atom. The first-order valence-electron chi connectivity index (χ1n) is 7.07. The molecule has 1 atom stereocenters. The molecule has 0 bridgehead atoms. The van der Waals surface area contributed by atoms with E-state index in [4.69, 9.17) is 39.6 Å². The average Bonchev–Trinajstić information content (AvgIpc) is 3.16. The van der Waals surface area contributed by atoms with Crippen molar-refractivity contribution in [3.63, 3.8) is 0 Å². The lowest BCUT2D eigenvalue weighted by Crippen LogP contribution is -2.29. The number of nitrogens with zero attached hydrogens (tertiary/aromatic N) is 1. The van der Waals surface area contributed by atoms with Gasteiger partial charge in [0, 0.05) is 12.0 Å². The van der Waals surface area contributed by atoms with Gasteiger partial charge in [-0.1, -0.05) is 40.0 Å². The van der Waals surface area contributed by atoms with Crippen LogP contribution in [0.5, 0.6) is 0 Å². The number of benzene rings is 1. The number of rotatable bonds is 4. The zero-order chi connectivity index (χ0) is 18.4. The number of hydrogen-bond donors (Lipinski definition) is 1. The van der Waals surface area contributed by atoms with Gasteiger partial charge in [-0.2, -0.15) is 0 Å². The first-order chi connectivity index (χ1) is 11.8. The van der Waals surface area contributed by atoms with Crippen molar-refractivity contribution < 1.29 is 19.1 Å². The van der Waals surface area contributed by atoms with Gasteiger partial charge in [0.25, 0.3) is 0 Å². The molecule has 1 unspecified atom stereocenters. The fourth-order valence-electron chi connectivity index (χ4n) is 2.57. The Bertz CT molecular complexity index is 876. The number of aryl methyl sites for hydroxylation is 1. The van der Waals surface area contributed by atoms with Crippen LogP contribution in [0.25, 0.3) is 0 Å². The zero-order valence-electron chi connectivity index (χ0n) is 12.8. The summed E-state index contributed by atoms with van der Waals surface area (Å²) < 4.78 is 13.9. The van der Waals surface area contributed by atoms with Gasteiger partial charge in [0.2, 0.25) is 0 Å². The molecule has 2 heterocycles. The van der Waals surface area contributed by atoms with E-state index in [1.807, 2.05) is 0 Å².